The predicted molar refractivity (Wildman–Crippen MR) is 79.9 cm³/mol. The number of ether oxygens (including phenoxy) is 1. The Balaban J connectivity index is 1.81. The third-order valence-corrected chi connectivity index (χ3v) is 6.71. The Hall–Kier alpha value is -1.62. The molecule has 0 radical (unpaired) electrons. The number of hydrogen-bond donors (Lipinski definition) is 0. The van der Waals surface area contributed by atoms with Crippen molar-refractivity contribution in [3.8, 4) is 0 Å². The van der Waals surface area contributed by atoms with Crippen LogP contribution in [-0.2, 0) is 25.7 Å². The second kappa shape index (κ2) is 5.97. The fraction of sp³-hybridized carbons (Fsp3) is 0.714. The van der Waals surface area contributed by atoms with Crippen molar-refractivity contribution in [2.45, 2.75) is 32.0 Å². The quantitative estimate of drug-likeness (QED) is 0.774. The van der Waals surface area contributed by atoms with Gasteiger partial charge in [-0.3, -0.25) is 9.48 Å². The van der Waals surface area contributed by atoms with E-state index in [2.05, 4.69) is 5.10 Å². The van der Waals surface area contributed by atoms with Gasteiger partial charge in [0.2, 0.25) is 10.0 Å². The molecule has 2 aliphatic heterocycles. The van der Waals surface area contributed by atoms with Crippen molar-refractivity contribution in [1.82, 2.24) is 14.1 Å². The highest BCUT2D eigenvalue weighted by molar-refractivity contribution is 7.89. The number of amides is 1. The average Bonchev–Trinajstić information content (AvgIpc) is 3.09. The van der Waals surface area contributed by atoms with Crippen molar-refractivity contribution in [3.63, 3.8) is 0 Å². The lowest BCUT2D eigenvalue weighted by molar-refractivity contribution is -0.142. The lowest BCUT2D eigenvalue weighted by Crippen LogP contribution is -2.39. The molecule has 25 heavy (non-hydrogen) atoms. The first kappa shape index (κ1) is 18.2. The van der Waals surface area contributed by atoms with Gasteiger partial charge in [0, 0.05) is 31.4 Å². The van der Waals surface area contributed by atoms with Crippen molar-refractivity contribution < 1.29 is 31.1 Å². The molecule has 0 bridgehead atoms. The van der Waals surface area contributed by atoms with E-state index in [1.165, 1.54) is 6.92 Å². The molecule has 1 aromatic rings. The standard InChI is InChI=1S/C14H18F3N3O4S/c1-10(19-5-2-11(18-19)14(15,16)17)12(21)20-8-13(9-25(20,22)23)3-6-24-7-4-13/h2,5,10H,3-4,6-9H2,1H3. The molecule has 1 unspecified atom stereocenters. The van der Waals surface area contributed by atoms with Crippen LogP contribution in [0.5, 0.6) is 0 Å². The summed E-state index contributed by atoms with van der Waals surface area (Å²) in [5, 5.41) is 3.36. The van der Waals surface area contributed by atoms with Crippen LogP contribution < -0.4 is 0 Å². The highest BCUT2D eigenvalue weighted by atomic mass is 32.2. The van der Waals surface area contributed by atoms with Crippen molar-refractivity contribution in [1.29, 1.82) is 0 Å². The molecule has 3 rings (SSSR count). The number of halogens is 3. The van der Waals surface area contributed by atoms with Crippen molar-refractivity contribution in [3.05, 3.63) is 18.0 Å². The minimum Gasteiger partial charge on any atom is -0.381 e. The molecule has 2 fully saturated rings. The molecule has 7 nitrogen and oxygen atoms in total. The summed E-state index contributed by atoms with van der Waals surface area (Å²) in [7, 11) is -3.80. The molecule has 2 saturated heterocycles. The first-order chi connectivity index (χ1) is 11.5. The van der Waals surface area contributed by atoms with Gasteiger partial charge in [-0.05, 0) is 25.8 Å². The third-order valence-electron chi connectivity index (χ3n) is 4.76. The summed E-state index contributed by atoms with van der Waals surface area (Å²) < 4.78 is 69.7. The normalized spacial score (nSPS) is 23.8. The van der Waals surface area contributed by atoms with E-state index in [-0.39, 0.29) is 12.3 Å². The van der Waals surface area contributed by atoms with Crippen LogP contribution in [0.1, 0.15) is 31.5 Å². The number of alkyl halides is 3. The maximum Gasteiger partial charge on any atom is 0.435 e. The molecule has 0 aliphatic carbocycles. The zero-order valence-electron chi connectivity index (χ0n) is 13.5. The number of sulfonamides is 1. The Kier molecular flexibility index (Phi) is 4.34. The molecular weight excluding hydrogens is 363 g/mol. The molecule has 0 aromatic carbocycles. The van der Waals surface area contributed by atoms with Gasteiger partial charge in [-0.15, -0.1) is 0 Å². The fourth-order valence-electron chi connectivity index (χ4n) is 3.26. The Labute approximate surface area is 142 Å². The molecule has 1 atom stereocenters. The maximum atomic E-state index is 12.6. The highest BCUT2D eigenvalue weighted by Crippen LogP contribution is 2.40. The molecule has 3 heterocycles. The summed E-state index contributed by atoms with van der Waals surface area (Å²) in [5.41, 5.74) is -1.66. The van der Waals surface area contributed by atoms with Crippen LogP contribution in [0.15, 0.2) is 12.3 Å². The Morgan fingerprint density at radius 1 is 1.36 bits per heavy atom. The van der Waals surface area contributed by atoms with Crippen LogP contribution in [0, 0.1) is 5.41 Å². The van der Waals surface area contributed by atoms with Gasteiger partial charge in [-0.1, -0.05) is 0 Å². The maximum absolute atomic E-state index is 12.6. The molecule has 1 aromatic heterocycles. The zero-order valence-corrected chi connectivity index (χ0v) is 14.3. The Morgan fingerprint density at radius 2 is 2.00 bits per heavy atom. The van der Waals surface area contributed by atoms with E-state index in [4.69, 9.17) is 4.74 Å². The minimum absolute atomic E-state index is 0.0370. The van der Waals surface area contributed by atoms with Gasteiger partial charge in [0.05, 0.1) is 5.75 Å². The summed E-state index contributed by atoms with van der Waals surface area (Å²) in [4.78, 5) is 12.6. The van der Waals surface area contributed by atoms with E-state index in [0.29, 0.717) is 26.1 Å². The van der Waals surface area contributed by atoms with Crippen LogP contribution in [-0.4, -0.2) is 53.9 Å². The van der Waals surface area contributed by atoms with Crippen LogP contribution in [0.25, 0.3) is 0 Å². The predicted octanol–water partition coefficient (Wildman–Crippen LogP) is 1.43. The molecule has 0 N–H and O–H groups in total. The summed E-state index contributed by atoms with van der Waals surface area (Å²) in [6.45, 7) is 2.23. The SMILES string of the molecule is CC(C(=O)N1CC2(CCOCC2)CS1(=O)=O)n1ccc(C(F)(F)F)n1. The van der Waals surface area contributed by atoms with Crippen LogP contribution in [0.3, 0.4) is 0 Å². The van der Waals surface area contributed by atoms with Crippen LogP contribution in [0.2, 0.25) is 0 Å². The van der Waals surface area contributed by atoms with E-state index in [0.717, 1.165) is 21.3 Å². The smallest absolute Gasteiger partial charge is 0.381 e. The van der Waals surface area contributed by atoms with Crippen molar-refractivity contribution in [2.75, 3.05) is 25.5 Å². The lowest BCUT2D eigenvalue weighted by Gasteiger charge is -2.31. The first-order valence-electron chi connectivity index (χ1n) is 7.79. The van der Waals surface area contributed by atoms with E-state index >= 15 is 0 Å². The zero-order chi connectivity index (χ0) is 18.5. The number of hydrogen-bond acceptors (Lipinski definition) is 5. The second-order valence-corrected chi connectivity index (χ2v) is 8.46. The fourth-order valence-corrected chi connectivity index (χ4v) is 5.47. The molecule has 2 aliphatic rings. The largest absolute Gasteiger partial charge is 0.435 e. The summed E-state index contributed by atoms with van der Waals surface area (Å²) in [5.74, 6) is -0.922. The second-order valence-electron chi connectivity index (χ2n) is 6.57. The van der Waals surface area contributed by atoms with Gasteiger partial charge in [-0.25, -0.2) is 12.7 Å². The monoisotopic (exact) mass is 381 g/mol. The van der Waals surface area contributed by atoms with E-state index in [1.54, 1.807) is 0 Å². The molecule has 1 spiro atoms. The highest BCUT2D eigenvalue weighted by Gasteiger charge is 2.51. The van der Waals surface area contributed by atoms with Gasteiger partial charge in [-0.2, -0.15) is 18.3 Å². The summed E-state index contributed by atoms with van der Waals surface area (Å²) in [6, 6.07) is -0.400. The third kappa shape index (κ3) is 3.39. The van der Waals surface area contributed by atoms with Gasteiger partial charge in [0.25, 0.3) is 5.91 Å². The molecule has 1 amide bonds. The lowest BCUT2D eigenvalue weighted by atomic mass is 9.82. The van der Waals surface area contributed by atoms with Gasteiger partial charge >= 0.3 is 6.18 Å². The Bertz CT molecular complexity index is 769. The van der Waals surface area contributed by atoms with E-state index in [9.17, 15) is 26.4 Å². The van der Waals surface area contributed by atoms with E-state index in [1.807, 2.05) is 0 Å². The molecule has 0 saturated carbocycles. The number of carbonyl (C=O) groups is 1. The first-order valence-corrected chi connectivity index (χ1v) is 9.39. The van der Waals surface area contributed by atoms with Gasteiger partial charge in [0.1, 0.15) is 6.04 Å². The van der Waals surface area contributed by atoms with Gasteiger partial charge in [0.15, 0.2) is 5.69 Å². The van der Waals surface area contributed by atoms with Crippen LogP contribution in [0.4, 0.5) is 13.2 Å². The average molecular weight is 381 g/mol. The number of nitrogens with zero attached hydrogens (tertiary/aromatic N) is 3. The van der Waals surface area contributed by atoms with Crippen molar-refractivity contribution in [2.24, 2.45) is 5.41 Å². The van der Waals surface area contributed by atoms with Crippen molar-refractivity contribution >= 4 is 15.9 Å². The van der Waals surface area contributed by atoms with Gasteiger partial charge < -0.3 is 4.74 Å². The molecular formula is C14H18F3N3O4S. The number of carbonyl (C=O) groups excluding carboxylic acids is 1. The topological polar surface area (TPSA) is 81.5 Å². The van der Waals surface area contributed by atoms with Crippen LogP contribution >= 0.6 is 0 Å². The minimum atomic E-state index is -4.63. The summed E-state index contributed by atoms with van der Waals surface area (Å²) in [6.07, 6.45) is -2.53. The number of aromatic nitrogens is 2. The molecule has 140 valence electrons. The molecule has 11 heteroatoms. The van der Waals surface area contributed by atoms with E-state index < -0.39 is 39.3 Å². The number of rotatable bonds is 2. The summed E-state index contributed by atoms with van der Waals surface area (Å²) >= 11 is 0. The Morgan fingerprint density at radius 3 is 2.56 bits per heavy atom.